The van der Waals surface area contributed by atoms with Crippen LogP contribution in [0.5, 0.6) is 0 Å². The van der Waals surface area contributed by atoms with E-state index in [9.17, 15) is 4.79 Å². The number of benzene rings is 1. The van der Waals surface area contributed by atoms with Crippen molar-refractivity contribution in [2.75, 3.05) is 19.0 Å². The van der Waals surface area contributed by atoms with Gasteiger partial charge in [0, 0.05) is 38.7 Å². The Morgan fingerprint density at radius 1 is 1.05 bits per heavy atom. The Morgan fingerprint density at radius 2 is 1.68 bits per heavy atom. The second kappa shape index (κ2) is 6.00. The van der Waals surface area contributed by atoms with E-state index >= 15 is 0 Å². The van der Waals surface area contributed by atoms with Gasteiger partial charge in [-0.25, -0.2) is 4.79 Å². The summed E-state index contributed by atoms with van der Waals surface area (Å²) in [4.78, 5) is 19.6. The van der Waals surface area contributed by atoms with E-state index in [1.54, 1.807) is 36.3 Å². The van der Waals surface area contributed by atoms with Crippen LogP contribution < -0.4 is 4.90 Å². The van der Waals surface area contributed by atoms with E-state index in [0.717, 1.165) is 11.3 Å². The molecule has 2 aromatic rings. The third-order valence-corrected chi connectivity index (χ3v) is 2.93. The van der Waals surface area contributed by atoms with Crippen molar-refractivity contribution < 1.29 is 4.79 Å². The van der Waals surface area contributed by atoms with Crippen LogP contribution in [0.15, 0.2) is 54.9 Å². The molecule has 0 saturated heterocycles. The van der Waals surface area contributed by atoms with Gasteiger partial charge >= 0.3 is 6.03 Å². The van der Waals surface area contributed by atoms with E-state index in [-0.39, 0.29) is 6.03 Å². The highest BCUT2D eigenvalue weighted by atomic mass is 16.2. The molecule has 1 heterocycles. The normalized spacial score (nSPS) is 10.0. The van der Waals surface area contributed by atoms with Gasteiger partial charge in [0.25, 0.3) is 0 Å². The van der Waals surface area contributed by atoms with Crippen molar-refractivity contribution in [3.05, 3.63) is 60.4 Å². The molecule has 0 atom stereocenters. The van der Waals surface area contributed by atoms with Crippen molar-refractivity contribution in [1.82, 2.24) is 9.88 Å². The molecule has 2 rings (SSSR count). The molecule has 4 heteroatoms. The number of hydrogen-bond acceptors (Lipinski definition) is 2. The van der Waals surface area contributed by atoms with Crippen LogP contribution in [0, 0.1) is 0 Å². The standard InChI is InChI=1S/C15H17N3O/c1-17(12-13-8-10-16-11-9-13)15(19)18(2)14-6-4-3-5-7-14/h3-11H,12H2,1-2H3. The van der Waals surface area contributed by atoms with Gasteiger partial charge < -0.3 is 4.90 Å². The van der Waals surface area contributed by atoms with Gasteiger partial charge in [-0.3, -0.25) is 9.88 Å². The van der Waals surface area contributed by atoms with E-state index < -0.39 is 0 Å². The first-order valence-corrected chi connectivity index (χ1v) is 6.11. The van der Waals surface area contributed by atoms with Crippen LogP contribution in [-0.4, -0.2) is 30.0 Å². The monoisotopic (exact) mass is 255 g/mol. The lowest BCUT2D eigenvalue weighted by atomic mass is 10.2. The van der Waals surface area contributed by atoms with E-state index in [0.29, 0.717) is 6.54 Å². The molecule has 0 aliphatic carbocycles. The molecule has 0 unspecified atom stereocenters. The number of aromatic nitrogens is 1. The smallest absolute Gasteiger partial charge is 0.323 e. The van der Waals surface area contributed by atoms with Gasteiger partial charge in [-0.05, 0) is 29.8 Å². The number of rotatable bonds is 3. The molecule has 0 bridgehead atoms. The molecule has 0 saturated carbocycles. The van der Waals surface area contributed by atoms with Crippen molar-refractivity contribution >= 4 is 11.7 Å². The van der Waals surface area contributed by atoms with E-state index in [1.807, 2.05) is 42.5 Å². The topological polar surface area (TPSA) is 36.4 Å². The van der Waals surface area contributed by atoms with Gasteiger partial charge in [0.15, 0.2) is 0 Å². The number of urea groups is 1. The highest BCUT2D eigenvalue weighted by Crippen LogP contribution is 2.13. The summed E-state index contributed by atoms with van der Waals surface area (Å²) in [6.07, 6.45) is 3.46. The number of pyridine rings is 1. The molecule has 0 aliphatic rings. The maximum absolute atomic E-state index is 12.3. The van der Waals surface area contributed by atoms with Gasteiger partial charge in [-0.15, -0.1) is 0 Å². The summed E-state index contributed by atoms with van der Waals surface area (Å²) in [5.74, 6) is 0. The van der Waals surface area contributed by atoms with Crippen LogP contribution in [0.25, 0.3) is 0 Å². The first-order valence-electron chi connectivity index (χ1n) is 6.11. The number of amides is 2. The molecule has 19 heavy (non-hydrogen) atoms. The van der Waals surface area contributed by atoms with Gasteiger partial charge in [-0.2, -0.15) is 0 Å². The molecule has 1 aromatic heterocycles. The quantitative estimate of drug-likeness (QED) is 0.845. The van der Waals surface area contributed by atoms with Crippen molar-refractivity contribution in [3.63, 3.8) is 0 Å². The summed E-state index contributed by atoms with van der Waals surface area (Å²) in [5, 5.41) is 0. The number of nitrogens with zero attached hydrogens (tertiary/aromatic N) is 3. The summed E-state index contributed by atoms with van der Waals surface area (Å²) >= 11 is 0. The minimum atomic E-state index is -0.0389. The Balaban J connectivity index is 2.03. The van der Waals surface area contributed by atoms with Crippen LogP contribution in [0.4, 0.5) is 10.5 Å². The zero-order chi connectivity index (χ0) is 13.7. The molecule has 1 aromatic carbocycles. The number of carbonyl (C=O) groups excluding carboxylic acids is 1. The zero-order valence-corrected chi connectivity index (χ0v) is 11.2. The molecule has 0 fully saturated rings. The Kier molecular flexibility index (Phi) is 4.13. The van der Waals surface area contributed by atoms with Crippen LogP contribution in [-0.2, 0) is 6.54 Å². The molecular weight excluding hydrogens is 238 g/mol. The summed E-state index contributed by atoms with van der Waals surface area (Å²) in [6.45, 7) is 0.568. The van der Waals surface area contributed by atoms with Gasteiger partial charge in [-0.1, -0.05) is 18.2 Å². The first-order chi connectivity index (χ1) is 9.18. The lowest BCUT2D eigenvalue weighted by molar-refractivity contribution is 0.215. The maximum atomic E-state index is 12.3. The first kappa shape index (κ1) is 13.1. The van der Waals surface area contributed by atoms with E-state index in [4.69, 9.17) is 0 Å². The van der Waals surface area contributed by atoms with E-state index in [2.05, 4.69) is 4.98 Å². The summed E-state index contributed by atoms with van der Waals surface area (Å²) in [5.41, 5.74) is 1.95. The highest BCUT2D eigenvalue weighted by Gasteiger charge is 2.15. The van der Waals surface area contributed by atoms with Crippen molar-refractivity contribution in [2.24, 2.45) is 0 Å². The highest BCUT2D eigenvalue weighted by molar-refractivity contribution is 5.91. The average Bonchev–Trinajstić information content (AvgIpc) is 2.47. The third kappa shape index (κ3) is 3.31. The largest absolute Gasteiger partial charge is 0.324 e. The summed E-state index contributed by atoms with van der Waals surface area (Å²) < 4.78 is 0. The molecule has 0 aliphatic heterocycles. The van der Waals surface area contributed by atoms with E-state index in [1.165, 1.54) is 0 Å². The molecule has 0 N–H and O–H groups in total. The van der Waals surface area contributed by atoms with Gasteiger partial charge in [0.1, 0.15) is 0 Å². The van der Waals surface area contributed by atoms with Crippen LogP contribution >= 0.6 is 0 Å². The van der Waals surface area contributed by atoms with Crippen molar-refractivity contribution in [1.29, 1.82) is 0 Å². The van der Waals surface area contributed by atoms with Crippen molar-refractivity contribution in [3.8, 4) is 0 Å². The predicted octanol–water partition coefficient (Wildman–Crippen LogP) is 2.77. The summed E-state index contributed by atoms with van der Waals surface area (Å²) in [6, 6.07) is 13.4. The van der Waals surface area contributed by atoms with Crippen LogP contribution in [0.1, 0.15) is 5.56 Å². The SMILES string of the molecule is CN(Cc1ccncc1)C(=O)N(C)c1ccccc1. The Bertz CT molecular complexity index is 528. The number of para-hydroxylation sites is 1. The maximum Gasteiger partial charge on any atom is 0.324 e. The second-order valence-corrected chi connectivity index (χ2v) is 4.39. The lowest BCUT2D eigenvalue weighted by Crippen LogP contribution is -2.38. The summed E-state index contributed by atoms with van der Waals surface area (Å²) in [7, 11) is 3.57. The number of hydrogen-bond donors (Lipinski definition) is 0. The van der Waals surface area contributed by atoms with Crippen molar-refractivity contribution in [2.45, 2.75) is 6.54 Å². The fourth-order valence-corrected chi connectivity index (χ4v) is 1.85. The zero-order valence-electron chi connectivity index (χ0n) is 11.2. The number of anilines is 1. The third-order valence-electron chi connectivity index (χ3n) is 2.93. The van der Waals surface area contributed by atoms with Crippen LogP contribution in [0.3, 0.4) is 0 Å². The molecule has 4 nitrogen and oxygen atoms in total. The Morgan fingerprint density at radius 3 is 2.32 bits per heavy atom. The molecule has 98 valence electrons. The fraction of sp³-hybridized carbons (Fsp3) is 0.200. The van der Waals surface area contributed by atoms with Gasteiger partial charge in [0.2, 0.25) is 0 Å². The number of carbonyl (C=O) groups is 1. The molecule has 2 amide bonds. The minimum absolute atomic E-state index is 0.0389. The second-order valence-electron chi connectivity index (χ2n) is 4.39. The Labute approximate surface area is 113 Å². The predicted molar refractivity (Wildman–Crippen MR) is 75.9 cm³/mol. The molecule has 0 radical (unpaired) electrons. The average molecular weight is 255 g/mol. The molecule has 0 spiro atoms. The minimum Gasteiger partial charge on any atom is -0.323 e. The lowest BCUT2D eigenvalue weighted by Gasteiger charge is -2.25. The molecular formula is C15H17N3O. The Hall–Kier alpha value is -2.36. The fourth-order valence-electron chi connectivity index (χ4n) is 1.85. The van der Waals surface area contributed by atoms with Crippen LogP contribution in [0.2, 0.25) is 0 Å². The van der Waals surface area contributed by atoms with Gasteiger partial charge in [0.05, 0.1) is 0 Å².